The molecule has 0 bridgehead atoms. The molecule has 0 aliphatic carbocycles. The molecule has 0 unspecified atom stereocenters. The van der Waals surface area contributed by atoms with E-state index in [1.807, 2.05) is 50.4 Å². The van der Waals surface area contributed by atoms with Gasteiger partial charge in [-0.3, -0.25) is 4.79 Å². The minimum atomic E-state index is -0.404. The van der Waals surface area contributed by atoms with Crippen LogP contribution in [0.4, 0.5) is 5.82 Å². The van der Waals surface area contributed by atoms with E-state index in [0.717, 1.165) is 16.1 Å². The maximum absolute atomic E-state index is 12.4. The van der Waals surface area contributed by atoms with Crippen LogP contribution in [0.1, 0.15) is 26.3 Å². The molecule has 0 saturated carbocycles. The molecule has 136 valence electrons. The predicted molar refractivity (Wildman–Crippen MR) is 110 cm³/mol. The summed E-state index contributed by atoms with van der Waals surface area (Å²) in [5.41, 5.74) is 7.16. The number of anilines is 1. The highest BCUT2D eigenvalue weighted by Gasteiger charge is 2.19. The highest BCUT2D eigenvalue weighted by molar-refractivity contribution is 7.98. The number of hydrogen-bond acceptors (Lipinski definition) is 6. The van der Waals surface area contributed by atoms with Crippen LogP contribution >= 0.6 is 34.7 Å². The number of thioether (sulfide) groups is 1. The maximum Gasteiger partial charge on any atom is 0.287 e. The molecule has 2 aromatic heterocycles. The summed E-state index contributed by atoms with van der Waals surface area (Å²) in [6.07, 6.45) is 1.66. The van der Waals surface area contributed by atoms with Gasteiger partial charge >= 0.3 is 0 Å². The maximum atomic E-state index is 12.4. The first-order chi connectivity index (χ1) is 12.3. The fourth-order valence-electron chi connectivity index (χ4n) is 2.32. The Morgan fingerprint density at radius 2 is 1.96 bits per heavy atom. The molecule has 0 saturated heterocycles. The van der Waals surface area contributed by atoms with E-state index in [9.17, 15) is 4.79 Å². The van der Waals surface area contributed by atoms with E-state index >= 15 is 0 Å². The molecule has 8 heteroatoms. The average molecular weight is 407 g/mol. The molecule has 3 rings (SSSR count). The summed E-state index contributed by atoms with van der Waals surface area (Å²) in [4.78, 5) is 17.4. The minimum Gasteiger partial charge on any atom is -0.383 e. The largest absolute Gasteiger partial charge is 0.383 e. The highest BCUT2D eigenvalue weighted by atomic mass is 35.5. The molecule has 5 nitrogen and oxygen atoms in total. The van der Waals surface area contributed by atoms with Crippen molar-refractivity contribution in [3.05, 3.63) is 56.8 Å². The van der Waals surface area contributed by atoms with E-state index in [-0.39, 0.29) is 10.6 Å². The quantitative estimate of drug-likeness (QED) is 0.638. The Labute approximate surface area is 165 Å². The van der Waals surface area contributed by atoms with Gasteiger partial charge in [0.1, 0.15) is 15.8 Å². The van der Waals surface area contributed by atoms with Gasteiger partial charge < -0.3 is 5.73 Å². The van der Waals surface area contributed by atoms with E-state index in [4.69, 9.17) is 17.3 Å². The lowest BCUT2D eigenvalue weighted by molar-refractivity contribution is 0.336. The van der Waals surface area contributed by atoms with Crippen molar-refractivity contribution < 1.29 is 0 Å². The van der Waals surface area contributed by atoms with Crippen LogP contribution in [-0.2, 0) is 11.3 Å². The van der Waals surface area contributed by atoms with Gasteiger partial charge in [0.15, 0.2) is 0 Å². The smallest absolute Gasteiger partial charge is 0.287 e. The highest BCUT2D eigenvalue weighted by Crippen LogP contribution is 2.29. The molecule has 2 N–H and O–H groups in total. The summed E-state index contributed by atoms with van der Waals surface area (Å²) in [6.45, 7) is 5.76. The summed E-state index contributed by atoms with van der Waals surface area (Å²) in [5, 5.41) is 7.21. The first-order valence-electron chi connectivity index (χ1n) is 7.97. The summed E-state index contributed by atoms with van der Waals surface area (Å²) in [6, 6.07) is 8.12. The average Bonchev–Trinajstić information content (AvgIpc) is 3.02. The van der Waals surface area contributed by atoms with Crippen LogP contribution < -0.4 is 11.3 Å². The van der Waals surface area contributed by atoms with Crippen molar-refractivity contribution >= 4 is 40.5 Å². The number of nitrogens with zero attached hydrogens (tertiary/aromatic N) is 3. The van der Waals surface area contributed by atoms with Gasteiger partial charge in [-0.05, 0) is 26.3 Å². The van der Waals surface area contributed by atoms with Crippen molar-refractivity contribution in [2.45, 2.75) is 37.0 Å². The van der Waals surface area contributed by atoms with Gasteiger partial charge in [0.05, 0.1) is 16.6 Å². The zero-order chi connectivity index (χ0) is 18.9. The van der Waals surface area contributed by atoms with Crippen molar-refractivity contribution in [3.63, 3.8) is 0 Å². The predicted octanol–water partition coefficient (Wildman–Crippen LogP) is 4.65. The lowest BCUT2D eigenvalue weighted by atomic mass is 10.1. The van der Waals surface area contributed by atoms with Crippen LogP contribution in [0.25, 0.3) is 10.6 Å². The lowest BCUT2D eigenvalue weighted by Crippen LogP contribution is -2.36. The first kappa shape index (κ1) is 18.9. The van der Waals surface area contributed by atoms with Crippen LogP contribution in [0.15, 0.2) is 45.5 Å². The number of rotatable bonds is 4. The molecule has 0 aliphatic heterocycles. The summed E-state index contributed by atoms with van der Waals surface area (Å²) >= 11 is 9.29. The molecule has 0 fully saturated rings. The lowest BCUT2D eigenvalue weighted by Gasteiger charge is -2.21. The third kappa shape index (κ3) is 4.11. The standard InChI is InChI=1S/C18H19ClN4OS2/c1-18(2,3)23-17(24)15(19)13(8-21-23)25-9-11-4-6-12(7-5-11)16-22-14(20)10-26-16/h4-8,10H,9,20H2,1-3H3. The van der Waals surface area contributed by atoms with Crippen LogP contribution in [0.3, 0.4) is 0 Å². The van der Waals surface area contributed by atoms with E-state index in [1.54, 1.807) is 6.20 Å². The van der Waals surface area contributed by atoms with Crippen molar-refractivity contribution in [2.75, 3.05) is 5.73 Å². The Morgan fingerprint density at radius 3 is 2.54 bits per heavy atom. The van der Waals surface area contributed by atoms with Gasteiger partial charge in [0.2, 0.25) is 0 Å². The second kappa shape index (κ2) is 7.42. The van der Waals surface area contributed by atoms with Crippen molar-refractivity contribution in [1.29, 1.82) is 0 Å². The van der Waals surface area contributed by atoms with Crippen molar-refractivity contribution in [3.8, 4) is 10.6 Å². The number of halogens is 1. The Balaban J connectivity index is 1.73. The molecule has 1 aromatic carbocycles. The van der Waals surface area contributed by atoms with Crippen LogP contribution in [-0.4, -0.2) is 14.8 Å². The van der Waals surface area contributed by atoms with Crippen molar-refractivity contribution in [2.24, 2.45) is 0 Å². The summed E-state index contributed by atoms with van der Waals surface area (Å²) in [7, 11) is 0. The van der Waals surface area contributed by atoms with Gasteiger partial charge in [-0.2, -0.15) is 5.10 Å². The second-order valence-corrected chi connectivity index (χ2v) is 9.03. The van der Waals surface area contributed by atoms with E-state index < -0.39 is 5.54 Å². The fraction of sp³-hybridized carbons (Fsp3) is 0.278. The number of thiazole rings is 1. The molecule has 2 heterocycles. The van der Waals surface area contributed by atoms with E-state index in [1.165, 1.54) is 27.8 Å². The van der Waals surface area contributed by atoms with Crippen LogP contribution in [0.2, 0.25) is 5.02 Å². The van der Waals surface area contributed by atoms with Gasteiger partial charge in [-0.1, -0.05) is 35.9 Å². The summed E-state index contributed by atoms with van der Waals surface area (Å²) in [5.74, 6) is 1.23. The molecule has 3 aromatic rings. The third-order valence-corrected chi connectivity index (χ3v) is 6.12. The molecular formula is C18H19ClN4OS2. The zero-order valence-electron chi connectivity index (χ0n) is 14.7. The monoisotopic (exact) mass is 406 g/mol. The SMILES string of the molecule is CC(C)(C)n1ncc(SCc2ccc(-c3nc(N)cs3)cc2)c(Cl)c1=O. The Morgan fingerprint density at radius 1 is 1.27 bits per heavy atom. The Kier molecular flexibility index (Phi) is 5.41. The Bertz CT molecular complexity index is 974. The number of benzene rings is 1. The number of aromatic nitrogens is 3. The minimum absolute atomic E-state index is 0.217. The molecular weight excluding hydrogens is 388 g/mol. The number of nitrogen functional groups attached to an aromatic ring is 1. The molecule has 0 atom stereocenters. The van der Waals surface area contributed by atoms with Gasteiger partial charge in [-0.15, -0.1) is 23.1 Å². The fourth-order valence-corrected chi connectivity index (χ4v) is 4.18. The topological polar surface area (TPSA) is 73.8 Å². The summed E-state index contributed by atoms with van der Waals surface area (Å²) < 4.78 is 1.41. The van der Waals surface area contributed by atoms with Crippen molar-refractivity contribution in [1.82, 2.24) is 14.8 Å². The first-order valence-corrected chi connectivity index (χ1v) is 10.2. The molecule has 0 amide bonds. The van der Waals surface area contributed by atoms with E-state index in [2.05, 4.69) is 10.1 Å². The molecule has 0 spiro atoms. The Hall–Kier alpha value is -1.83. The van der Waals surface area contributed by atoms with Crippen LogP contribution in [0.5, 0.6) is 0 Å². The zero-order valence-corrected chi connectivity index (χ0v) is 17.1. The molecule has 26 heavy (non-hydrogen) atoms. The van der Waals surface area contributed by atoms with Gasteiger partial charge in [0.25, 0.3) is 5.56 Å². The normalized spacial score (nSPS) is 11.7. The number of nitrogens with two attached hydrogens (primary N) is 1. The van der Waals surface area contributed by atoms with Crippen LogP contribution in [0, 0.1) is 0 Å². The second-order valence-electron chi connectivity index (χ2n) is 6.77. The molecule has 0 radical (unpaired) electrons. The van der Waals surface area contributed by atoms with Gasteiger partial charge in [-0.25, -0.2) is 9.67 Å². The van der Waals surface area contributed by atoms with Gasteiger partial charge in [0, 0.05) is 16.7 Å². The van der Waals surface area contributed by atoms with E-state index in [0.29, 0.717) is 16.5 Å². The molecule has 0 aliphatic rings. The third-order valence-electron chi connectivity index (χ3n) is 3.64. The number of hydrogen-bond donors (Lipinski definition) is 1.